The molecule has 0 spiro atoms. The molecule has 0 aromatic heterocycles. The summed E-state index contributed by atoms with van der Waals surface area (Å²) >= 11 is 0. The zero-order chi connectivity index (χ0) is 30.2. The molecule has 1 fully saturated rings. The standard InChI is InChI=1S/C32H33NO10/c1-38-25-9-17(10-26(39-2)30(25)35)27-20-11-23-24(43-15-42-23)12-21(20)29(22-14-41-32(37)28(22)27)33-13-18(31(36)40-3)8-16-4-6-19(34)7-5-16/h4-7,9-12,18,22,27-29,33-35H,8,13-15H2,1-3H3/t18-,22+,27-,28+,29-/m1/s1. The fraction of sp³-hybridized carbons (Fsp3) is 0.375. The Morgan fingerprint density at radius 1 is 0.953 bits per heavy atom. The Kier molecular flexibility index (Phi) is 7.66. The van der Waals surface area contributed by atoms with Crippen LogP contribution in [0.25, 0.3) is 0 Å². The lowest BCUT2D eigenvalue weighted by atomic mass is 9.65. The lowest BCUT2D eigenvalue weighted by Gasteiger charge is -2.40. The number of phenolic OH excluding ortho intramolecular Hbond substituents is 2. The van der Waals surface area contributed by atoms with Gasteiger partial charge < -0.3 is 44.0 Å². The Labute approximate surface area is 248 Å². The van der Waals surface area contributed by atoms with Crippen LogP contribution in [0.1, 0.15) is 34.2 Å². The van der Waals surface area contributed by atoms with E-state index in [2.05, 4.69) is 5.32 Å². The summed E-state index contributed by atoms with van der Waals surface area (Å²) in [6, 6.07) is 13.6. The van der Waals surface area contributed by atoms with Gasteiger partial charge in [0, 0.05) is 24.4 Å². The molecule has 2 aliphatic heterocycles. The highest BCUT2D eigenvalue weighted by molar-refractivity contribution is 5.79. The molecule has 5 atom stereocenters. The van der Waals surface area contributed by atoms with Crippen molar-refractivity contribution in [2.75, 3.05) is 41.3 Å². The molecule has 0 amide bonds. The van der Waals surface area contributed by atoms with E-state index in [1.54, 1.807) is 36.4 Å². The number of nitrogens with one attached hydrogen (secondary N) is 1. The molecule has 11 nitrogen and oxygen atoms in total. The van der Waals surface area contributed by atoms with Gasteiger partial charge in [-0.05, 0) is 65.1 Å². The number of benzene rings is 3. The molecule has 2 heterocycles. The molecular formula is C32H33NO10. The number of methoxy groups -OCH3 is 3. The second-order valence-corrected chi connectivity index (χ2v) is 10.9. The lowest BCUT2D eigenvalue weighted by molar-refractivity contribution is -0.145. The van der Waals surface area contributed by atoms with Crippen LogP contribution in [0.3, 0.4) is 0 Å². The second kappa shape index (κ2) is 11.6. The molecule has 6 rings (SSSR count). The monoisotopic (exact) mass is 591 g/mol. The maximum Gasteiger partial charge on any atom is 0.310 e. The predicted molar refractivity (Wildman–Crippen MR) is 152 cm³/mol. The highest BCUT2D eigenvalue weighted by Gasteiger charge is 2.52. The molecule has 3 aromatic carbocycles. The third kappa shape index (κ3) is 5.14. The number of aromatic hydroxyl groups is 2. The van der Waals surface area contributed by atoms with Crippen molar-refractivity contribution in [3.05, 3.63) is 70.8 Å². The molecule has 1 aliphatic carbocycles. The van der Waals surface area contributed by atoms with E-state index in [1.165, 1.54) is 21.3 Å². The molecule has 11 heteroatoms. The summed E-state index contributed by atoms with van der Waals surface area (Å²) in [5, 5.41) is 23.8. The Hall–Kier alpha value is -4.64. The van der Waals surface area contributed by atoms with E-state index in [0.717, 1.165) is 16.7 Å². The van der Waals surface area contributed by atoms with Gasteiger partial charge in [-0.3, -0.25) is 9.59 Å². The van der Waals surface area contributed by atoms with Crippen LogP contribution < -0.4 is 24.3 Å². The smallest absolute Gasteiger partial charge is 0.310 e. The first-order valence-electron chi connectivity index (χ1n) is 14.0. The minimum absolute atomic E-state index is 0.0772. The first-order chi connectivity index (χ1) is 20.8. The van der Waals surface area contributed by atoms with Crippen LogP contribution in [0.2, 0.25) is 0 Å². The van der Waals surface area contributed by atoms with Gasteiger partial charge in [-0.15, -0.1) is 0 Å². The van der Waals surface area contributed by atoms with Gasteiger partial charge in [0.15, 0.2) is 23.0 Å². The highest BCUT2D eigenvalue weighted by Crippen LogP contribution is 2.55. The zero-order valence-electron chi connectivity index (χ0n) is 24.0. The van der Waals surface area contributed by atoms with Crippen molar-refractivity contribution in [2.24, 2.45) is 17.8 Å². The minimum atomic E-state index is -0.585. The molecule has 3 aromatic rings. The molecule has 0 saturated carbocycles. The van der Waals surface area contributed by atoms with E-state index in [0.29, 0.717) is 23.5 Å². The number of carbonyl (C=O) groups excluding carboxylic acids is 2. The molecule has 226 valence electrons. The Balaban J connectivity index is 1.41. The molecule has 1 saturated heterocycles. The second-order valence-electron chi connectivity index (χ2n) is 10.9. The molecule has 43 heavy (non-hydrogen) atoms. The van der Waals surface area contributed by atoms with Gasteiger partial charge in [0.1, 0.15) is 5.75 Å². The molecule has 3 N–H and O–H groups in total. The van der Waals surface area contributed by atoms with Gasteiger partial charge in [0.05, 0.1) is 39.8 Å². The summed E-state index contributed by atoms with van der Waals surface area (Å²) in [6.45, 7) is 0.515. The Morgan fingerprint density at radius 3 is 2.23 bits per heavy atom. The summed E-state index contributed by atoms with van der Waals surface area (Å²) < 4.78 is 33.1. The van der Waals surface area contributed by atoms with Crippen LogP contribution in [0, 0.1) is 17.8 Å². The number of rotatable bonds is 9. The first-order valence-corrected chi connectivity index (χ1v) is 14.0. The van der Waals surface area contributed by atoms with E-state index >= 15 is 0 Å². The summed E-state index contributed by atoms with van der Waals surface area (Å²) in [7, 11) is 4.26. The first kappa shape index (κ1) is 28.5. The number of phenols is 2. The van der Waals surface area contributed by atoms with E-state index < -0.39 is 17.8 Å². The molecule has 0 radical (unpaired) electrons. The van der Waals surface area contributed by atoms with Gasteiger partial charge in [-0.25, -0.2) is 0 Å². The normalized spacial score (nSPS) is 22.3. The molecular weight excluding hydrogens is 558 g/mol. The summed E-state index contributed by atoms with van der Waals surface area (Å²) in [5.74, 6) is -1.01. The average molecular weight is 592 g/mol. The van der Waals surface area contributed by atoms with Crippen LogP contribution in [-0.2, 0) is 25.5 Å². The lowest BCUT2D eigenvalue weighted by Crippen LogP contribution is -2.43. The van der Waals surface area contributed by atoms with E-state index in [1.807, 2.05) is 12.1 Å². The van der Waals surface area contributed by atoms with Crippen molar-refractivity contribution in [3.63, 3.8) is 0 Å². The van der Waals surface area contributed by atoms with Crippen molar-refractivity contribution in [2.45, 2.75) is 18.4 Å². The Bertz CT molecular complexity index is 1510. The van der Waals surface area contributed by atoms with Crippen LogP contribution >= 0.6 is 0 Å². The average Bonchev–Trinajstić information content (AvgIpc) is 3.64. The van der Waals surface area contributed by atoms with E-state index in [9.17, 15) is 19.8 Å². The van der Waals surface area contributed by atoms with Crippen LogP contribution in [0.4, 0.5) is 0 Å². The maximum absolute atomic E-state index is 13.4. The fourth-order valence-corrected chi connectivity index (χ4v) is 6.51. The fourth-order valence-electron chi connectivity index (χ4n) is 6.51. The van der Waals surface area contributed by atoms with Crippen LogP contribution in [0.5, 0.6) is 34.5 Å². The number of cyclic esters (lactones) is 1. The molecule has 0 bridgehead atoms. The van der Waals surface area contributed by atoms with Crippen molar-refractivity contribution < 1.29 is 48.2 Å². The quantitative estimate of drug-likeness (QED) is 0.315. The Morgan fingerprint density at radius 2 is 1.60 bits per heavy atom. The van der Waals surface area contributed by atoms with Crippen molar-refractivity contribution in [1.29, 1.82) is 0 Å². The zero-order valence-corrected chi connectivity index (χ0v) is 24.0. The number of ether oxygens (including phenoxy) is 6. The highest BCUT2D eigenvalue weighted by atomic mass is 16.7. The largest absolute Gasteiger partial charge is 0.508 e. The summed E-state index contributed by atoms with van der Waals surface area (Å²) in [4.78, 5) is 26.3. The number of hydrogen-bond acceptors (Lipinski definition) is 11. The van der Waals surface area contributed by atoms with E-state index in [-0.39, 0.29) is 66.8 Å². The van der Waals surface area contributed by atoms with Gasteiger partial charge >= 0.3 is 11.9 Å². The van der Waals surface area contributed by atoms with Gasteiger partial charge in [0.25, 0.3) is 0 Å². The maximum atomic E-state index is 13.4. The number of fused-ring (bicyclic) bond motifs is 3. The van der Waals surface area contributed by atoms with Crippen molar-refractivity contribution in [1.82, 2.24) is 5.32 Å². The SMILES string of the molecule is COC(=O)[C@@H](CN[C@@H]1c2cc3c(cc2[C@@H](c2cc(OC)c(O)c(OC)c2)[C@H]2C(=O)OC[C@@H]21)OCO3)Cc1ccc(O)cc1. The molecule has 3 aliphatic rings. The van der Waals surface area contributed by atoms with Crippen molar-refractivity contribution in [3.8, 4) is 34.5 Å². The van der Waals surface area contributed by atoms with Gasteiger partial charge in [0.2, 0.25) is 12.5 Å². The predicted octanol–water partition coefficient (Wildman–Crippen LogP) is 3.44. The third-order valence-electron chi connectivity index (χ3n) is 8.59. The van der Waals surface area contributed by atoms with Gasteiger partial charge in [-0.2, -0.15) is 0 Å². The summed E-state index contributed by atoms with van der Waals surface area (Å²) in [5.41, 5.74) is 3.28. The number of hydrogen-bond donors (Lipinski definition) is 3. The van der Waals surface area contributed by atoms with E-state index in [4.69, 9.17) is 28.4 Å². The number of esters is 2. The topological polar surface area (TPSA) is 142 Å². The third-order valence-corrected chi connectivity index (χ3v) is 8.59. The van der Waals surface area contributed by atoms with Crippen molar-refractivity contribution >= 4 is 11.9 Å². The summed E-state index contributed by atoms with van der Waals surface area (Å²) in [6.07, 6.45) is 0.389. The van der Waals surface area contributed by atoms with Gasteiger partial charge in [-0.1, -0.05) is 12.1 Å². The van der Waals surface area contributed by atoms with Crippen LogP contribution in [0.15, 0.2) is 48.5 Å². The van der Waals surface area contributed by atoms with Crippen LogP contribution in [-0.4, -0.2) is 63.4 Å². The minimum Gasteiger partial charge on any atom is -0.508 e. The molecule has 0 unspecified atom stereocenters. The number of carbonyl (C=O) groups is 2.